The van der Waals surface area contributed by atoms with E-state index in [1.54, 1.807) is 12.3 Å². The molecule has 0 amide bonds. The lowest BCUT2D eigenvalue weighted by Crippen LogP contribution is -1.86. The molecule has 0 aromatic carbocycles. The second-order valence-corrected chi connectivity index (χ2v) is 2.47. The van der Waals surface area contributed by atoms with E-state index in [0.717, 1.165) is 0 Å². The highest BCUT2D eigenvalue weighted by Crippen LogP contribution is 2.16. The van der Waals surface area contributed by atoms with Crippen LogP contribution in [0.1, 0.15) is 0 Å². The minimum absolute atomic E-state index is 0.297. The van der Waals surface area contributed by atoms with Gasteiger partial charge in [0.15, 0.2) is 0 Å². The fourth-order valence-corrected chi connectivity index (χ4v) is 1.06. The number of pyridine rings is 1. The predicted octanol–water partition coefficient (Wildman–Crippen LogP) is 1.47. The zero-order valence-corrected chi connectivity index (χ0v) is 6.31. The maximum atomic E-state index is 5.59. The first-order chi connectivity index (χ1) is 5.27. The van der Waals surface area contributed by atoms with Gasteiger partial charge in [-0.25, -0.2) is 4.98 Å². The minimum Gasteiger partial charge on any atom is -0.410 e. The Hall–Kier alpha value is -1.36. The Kier molecular flexibility index (Phi) is 1.19. The van der Waals surface area contributed by atoms with Crippen LogP contribution >= 0.6 is 12.2 Å². The molecule has 0 fully saturated rings. The van der Waals surface area contributed by atoms with Crippen LogP contribution in [0.25, 0.3) is 11.2 Å². The van der Waals surface area contributed by atoms with Gasteiger partial charge in [0.05, 0.1) is 5.69 Å². The lowest BCUT2D eigenvalue weighted by atomic mass is 10.4. The van der Waals surface area contributed by atoms with Gasteiger partial charge in [-0.15, -0.1) is 0 Å². The predicted molar refractivity (Wildman–Crippen MR) is 43.6 cm³/mol. The molecule has 3 N–H and O–H groups in total. The van der Waals surface area contributed by atoms with Gasteiger partial charge in [0.2, 0.25) is 5.71 Å². The zero-order chi connectivity index (χ0) is 7.84. The van der Waals surface area contributed by atoms with Crippen molar-refractivity contribution in [3.63, 3.8) is 0 Å². The van der Waals surface area contributed by atoms with Crippen molar-refractivity contribution in [2.24, 2.45) is 0 Å². The summed E-state index contributed by atoms with van der Waals surface area (Å²) in [6.45, 7) is 0. The summed E-state index contributed by atoms with van der Waals surface area (Å²) in [4.78, 5) is 7.00. The van der Waals surface area contributed by atoms with Gasteiger partial charge in [0, 0.05) is 6.20 Å². The van der Waals surface area contributed by atoms with Crippen molar-refractivity contribution in [3.05, 3.63) is 17.1 Å². The summed E-state index contributed by atoms with van der Waals surface area (Å²) in [5.41, 5.74) is 7.30. The van der Waals surface area contributed by atoms with Gasteiger partial charge in [-0.2, -0.15) is 0 Å². The minimum atomic E-state index is 0.297. The third-order valence-corrected chi connectivity index (χ3v) is 1.55. The number of anilines is 1. The van der Waals surface area contributed by atoms with Crippen LogP contribution in [0.4, 0.5) is 5.69 Å². The molecular weight excluding hydrogens is 162 g/mol. The first-order valence-electron chi connectivity index (χ1n) is 3.00. The van der Waals surface area contributed by atoms with Crippen LogP contribution in [0.3, 0.4) is 0 Å². The summed E-state index contributed by atoms with van der Waals surface area (Å²) in [5.74, 6) is 0. The molecule has 2 heterocycles. The van der Waals surface area contributed by atoms with E-state index in [0.29, 0.717) is 21.8 Å². The van der Waals surface area contributed by atoms with Crippen LogP contribution in [0.5, 0.6) is 0 Å². The van der Waals surface area contributed by atoms with Gasteiger partial charge >= 0.3 is 0 Å². The first kappa shape index (κ1) is 6.36. The van der Waals surface area contributed by atoms with Gasteiger partial charge < -0.3 is 15.1 Å². The normalized spacial score (nSPS) is 10.5. The summed E-state index contributed by atoms with van der Waals surface area (Å²) in [6.07, 6.45) is 1.57. The summed E-state index contributed by atoms with van der Waals surface area (Å²) >= 11 is 4.75. The number of nitrogen functional groups attached to an aromatic ring is 1. The number of hydrogen-bond acceptors (Lipinski definition) is 4. The van der Waals surface area contributed by atoms with Crippen molar-refractivity contribution >= 4 is 29.1 Å². The summed E-state index contributed by atoms with van der Waals surface area (Å²) in [7, 11) is 0. The molecule has 0 aliphatic carbocycles. The van der Waals surface area contributed by atoms with Crippen molar-refractivity contribution in [1.82, 2.24) is 9.97 Å². The fraction of sp³-hybridized carbons (Fsp3) is 0. The Balaban J connectivity index is 3.01. The molecule has 0 unspecified atom stereocenters. The van der Waals surface area contributed by atoms with Gasteiger partial charge in [-0.1, -0.05) is 0 Å². The number of aromatic amines is 1. The highest BCUT2D eigenvalue weighted by molar-refractivity contribution is 7.71. The number of nitrogens with zero attached hydrogens (tertiary/aromatic N) is 1. The molecule has 0 aliphatic heterocycles. The molecule has 2 aromatic rings. The van der Waals surface area contributed by atoms with Crippen LogP contribution in [0.2, 0.25) is 0 Å². The Morgan fingerprint density at radius 3 is 3.18 bits per heavy atom. The molecule has 0 spiro atoms. The van der Waals surface area contributed by atoms with Gasteiger partial charge in [-0.05, 0) is 18.3 Å². The molecule has 4 nitrogen and oxygen atoms in total. The van der Waals surface area contributed by atoms with Gasteiger partial charge in [0.25, 0.3) is 4.84 Å². The van der Waals surface area contributed by atoms with Crippen LogP contribution in [-0.4, -0.2) is 9.97 Å². The average molecular weight is 167 g/mol. The van der Waals surface area contributed by atoms with Crippen molar-refractivity contribution < 1.29 is 4.42 Å². The molecule has 0 saturated heterocycles. The van der Waals surface area contributed by atoms with E-state index < -0.39 is 0 Å². The third-order valence-electron chi connectivity index (χ3n) is 1.36. The molecule has 0 radical (unpaired) electrons. The lowest BCUT2D eigenvalue weighted by Gasteiger charge is -1.89. The standard InChI is InChI=1S/C6H5N3OS/c7-3-1-2-8-5-4(3)9-6(11)10-5/h1-2H,(H2,7,8)(H,9,11). The molecule has 11 heavy (non-hydrogen) atoms. The molecule has 2 aromatic heterocycles. The van der Waals surface area contributed by atoms with Crippen LogP contribution in [-0.2, 0) is 0 Å². The van der Waals surface area contributed by atoms with Crippen molar-refractivity contribution in [1.29, 1.82) is 0 Å². The van der Waals surface area contributed by atoms with E-state index in [2.05, 4.69) is 9.97 Å². The summed E-state index contributed by atoms with van der Waals surface area (Å²) in [5, 5.41) is 0. The lowest BCUT2D eigenvalue weighted by molar-refractivity contribution is 0.572. The molecular formula is C6H5N3OS. The molecule has 0 aliphatic rings. The smallest absolute Gasteiger partial charge is 0.268 e. The maximum absolute atomic E-state index is 5.59. The SMILES string of the molecule is Nc1ccnc2oc(=S)[nH]c12. The molecule has 56 valence electrons. The maximum Gasteiger partial charge on any atom is 0.268 e. The molecule has 2 rings (SSSR count). The second-order valence-electron chi connectivity index (χ2n) is 2.09. The Labute approximate surface area is 67.0 Å². The molecule has 0 atom stereocenters. The Morgan fingerprint density at radius 1 is 1.64 bits per heavy atom. The van der Waals surface area contributed by atoms with E-state index >= 15 is 0 Å². The number of H-pyrrole nitrogens is 1. The van der Waals surface area contributed by atoms with Crippen LogP contribution in [0.15, 0.2) is 16.7 Å². The van der Waals surface area contributed by atoms with E-state index in [4.69, 9.17) is 22.4 Å². The van der Waals surface area contributed by atoms with Crippen molar-refractivity contribution in [2.75, 3.05) is 5.73 Å². The van der Waals surface area contributed by atoms with Crippen molar-refractivity contribution in [2.45, 2.75) is 0 Å². The third kappa shape index (κ3) is 0.894. The van der Waals surface area contributed by atoms with Gasteiger partial charge in [0.1, 0.15) is 5.52 Å². The quantitative estimate of drug-likeness (QED) is 0.583. The Morgan fingerprint density at radius 2 is 2.45 bits per heavy atom. The highest BCUT2D eigenvalue weighted by Gasteiger charge is 2.01. The number of aromatic nitrogens is 2. The van der Waals surface area contributed by atoms with Crippen LogP contribution in [0, 0.1) is 4.84 Å². The number of hydrogen-bond donors (Lipinski definition) is 2. The molecule has 5 heteroatoms. The largest absolute Gasteiger partial charge is 0.410 e. The molecule has 0 bridgehead atoms. The average Bonchev–Trinajstić information content (AvgIpc) is 2.31. The second kappa shape index (κ2) is 2.06. The van der Waals surface area contributed by atoms with E-state index in [9.17, 15) is 0 Å². The number of nitrogens with two attached hydrogens (primary N) is 1. The summed E-state index contributed by atoms with van der Waals surface area (Å²) < 4.78 is 5.02. The zero-order valence-electron chi connectivity index (χ0n) is 5.50. The summed E-state index contributed by atoms with van der Waals surface area (Å²) in [6, 6.07) is 1.68. The van der Waals surface area contributed by atoms with E-state index in [1.807, 2.05) is 0 Å². The van der Waals surface area contributed by atoms with E-state index in [-0.39, 0.29) is 0 Å². The van der Waals surface area contributed by atoms with E-state index in [1.165, 1.54) is 0 Å². The van der Waals surface area contributed by atoms with Crippen molar-refractivity contribution in [3.8, 4) is 0 Å². The number of fused-ring (bicyclic) bond motifs is 1. The van der Waals surface area contributed by atoms with Gasteiger partial charge in [-0.3, -0.25) is 0 Å². The number of oxazole rings is 1. The first-order valence-corrected chi connectivity index (χ1v) is 3.41. The van der Waals surface area contributed by atoms with Crippen LogP contribution < -0.4 is 5.73 Å². The number of nitrogens with one attached hydrogen (secondary N) is 1. The highest BCUT2D eigenvalue weighted by atomic mass is 32.1. The number of rotatable bonds is 0. The fourth-order valence-electron chi connectivity index (χ4n) is 0.875. The monoisotopic (exact) mass is 167 g/mol. The molecule has 0 saturated carbocycles. The topological polar surface area (TPSA) is 67.8 Å². The Bertz CT molecular complexity index is 444.